The van der Waals surface area contributed by atoms with Gasteiger partial charge in [0.15, 0.2) is 0 Å². The Balaban J connectivity index is 1.21. The zero-order valence-corrected chi connectivity index (χ0v) is 35.5. The fraction of sp³-hybridized carbons (Fsp3) is 0.236. The van der Waals surface area contributed by atoms with Gasteiger partial charge in [-0.15, -0.1) is 0 Å². The molecular weight excluding hydrogens is 717 g/mol. The first kappa shape index (κ1) is 37.3. The third kappa shape index (κ3) is 5.63. The molecule has 0 aliphatic carbocycles. The third-order valence-electron chi connectivity index (χ3n) is 13.2. The summed E-state index contributed by atoms with van der Waals surface area (Å²) >= 11 is 0. The lowest BCUT2D eigenvalue weighted by Gasteiger charge is -2.48. The molecule has 1 spiro atoms. The number of rotatable bonds is 6. The molecule has 7 aromatic carbocycles. The summed E-state index contributed by atoms with van der Waals surface area (Å²) < 4.78 is 13.7. The van der Waals surface area contributed by atoms with Gasteiger partial charge in [-0.25, -0.2) is 0 Å². The van der Waals surface area contributed by atoms with Crippen molar-refractivity contribution in [2.45, 2.75) is 84.5 Å². The smallest absolute Gasteiger partial charge is 0.251 e. The normalized spacial score (nSPS) is 14.4. The van der Waals surface area contributed by atoms with Crippen molar-refractivity contribution < 1.29 is 9.47 Å². The van der Waals surface area contributed by atoms with Crippen LogP contribution in [-0.4, -0.2) is 6.71 Å². The van der Waals surface area contributed by atoms with Crippen LogP contribution in [0.3, 0.4) is 0 Å². The fourth-order valence-electron chi connectivity index (χ4n) is 10.3. The zero-order chi connectivity index (χ0) is 40.7. The molecule has 4 heteroatoms. The minimum absolute atomic E-state index is 0.0367. The largest absolute Gasteiger partial charge is 0.458 e. The second-order valence-corrected chi connectivity index (χ2v) is 18.0. The summed E-state index contributed by atoms with van der Waals surface area (Å²) in [5, 5.41) is 0. The summed E-state index contributed by atoms with van der Waals surface area (Å²) in [6.45, 7) is 18.6. The Morgan fingerprint density at radius 1 is 0.424 bits per heavy atom. The molecule has 10 rings (SSSR count). The number of nitrogens with zero attached hydrogens (tertiary/aromatic N) is 1. The summed E-state index contributed by atoms with van der Waals surface area (Å²) in [4.78, 5) is 2.45. The van der Waals surface area contributed by atoms with Crippen molar-refractivity contribution in [3.05, 3.63) is 190 Å². The highest BCUT2D eigenvalue weighted by atomic mass is 16.5. The van der Waals surface area contributed by atoms with E-state index in [-0.39, 0.29) is 6.71 Å². The average Bonchev–Trinajstić information content (AvgIpc) is 3.24. The summed E-state index contributed by atoms with van der Waals surface area (Å²) in [6, 6.07) is 54.0. The number of anilines is 3. The molecule has 0 bridgehead atoms. The molecule has 0 aromatic heterocycles. The Morgan fingerprint density at radius 2 is 0.949 bits per heavy atom. The summed E-state index contributed by atoms with van der Waals surface area (Å²) in [7, 11) is 0. The molecule has 0 unspecified atom stereocenters. The molecule has 0 amide bonds. The monoisotopic (exact) mass is 769 g/mol. The van der Waals surface area contributed by atoms with Crippen LogP contribution in [0, 0.1) is 0 Å². The second kappa shape index (κ2) is 14.1. The van der Waals surface area contributed by atoms with Crippen LogP contribution >= 0.6 is 0 Å². The van der Waals surface area contributed by atoms with Crippen molar-refractivity contribution in [1.82, 2.24) is 0 Å². The van der Waals surface area contributed by atoms with E-state index in [4.69, 9.17) is 9.47 Å². The Labute approximate surface area is 350 Å². The van der Waals surface area contributed by atoms with Crippen LogP contribution in [0.4, 0.5) is 17.1 Å². The molecule has 3 aliphatic rings. The lowest BCUT2D eigenvalue weighted by atomic mass is 9.34. The Hall–Kier alpha value is -6.00. The Kier molecular flexibility index (Phi) is 8.90. The Bertz CT molecular complexity index is 2700. The van der Waals surface area contributed by atoms with Crippen LogP contribution in [-0.2, 0) is 5.41 Å². The van der Waals surface area contributed by atoms with E-state index in [0.717, 1.165) is 45.6 Å². The predicted molar refractivity (Wildman–Crippen MR) is 247 cm³/mol. The van der Waals surface area contributed by atoms with E-state index in [0.29, 0.717) is 23.7 Å². The number of hydrogen-bond acceptors (Lipinski definition) is 3. The Morgan fingerprint density at radius 3 is 1.58 bits per heavy atom. The van der Waals surface area contributed by atoms with Crippen LogP contribution < -0.4 is 30.8 Å². The molecule has 7 aromatic rings. The van der Waals surface area contributed by atoms with E-state index in [9.17, 15) is 0 Å². The lowest BCUT2D eigenvalue weighted by Crippen LogP contribution is -2.57. The first-order valence-electron chi connectivity index (χ1n) is 21.6. The van der Waals surface area contributed by atoms with E-state index in [1.807, 2.05) is 0 Å². The van der Waals surface area contributed by atoms with Gasteiger partial charge in [-0.1, -0.05) is 164 Å². The van der Waals surface area contributed by atoms with Gasteiger partial charge in [0, 0.05) is 22.9 Å². The van der Waals surface area contributed by atoms with Crippen molar-refractivity contribution in [3.63, 3.8) is 0 Å². The van der Waals surface area contributed by atoms with Crippen LogP contribution in [0.2, 0.25) is 0 Å². The third-order valence-corrected chi connectivity index (χ3v) is 13.2. The van der Waals surface area contributed by atoms with Gasteiger partial charge >= 0.3 is 0 Å². The van der Waals surface area contributed by atoms with Crippen molar-refractivity contribution >= 4 is 40.2 Å². The first-order valence-corrected chi connectivity index (χ1v) is 21.6. The molecule has 0 atom stereocenters. The van der Waals surface area contributed by atoms with Crippen molar-refractivity contribution in [2.75, 3.05) is 4.90 Å². The maximum atomic E-state index is 6.99. The van der Waals surface area contributed by atoms with Crippen LogP contribution in [0.1, 0.15) is 124 Å². The predicted octanol–water partition coefficient (Wildman–Crippen LogP) is 13.1. The van der Waals surface area contributed by atoms with E-state index in [1.54, 1.807) is 0 Å². The SMILES string of the molecule is CC(C)c1cc(C(C)C)c(B2c3ccccc3Oc3cc(N4c5ccccc5C5(c6ccccc6Oc6ccc(C(C)C)cc65)c5ccccc54)ccc32)c(C(C)C)c1. The second-order valence-electron chi connectivity index (χ2n) is 18.0. The highest BCUT2D eigenvalue weighted by Crippen LogP contribution is 2.63. The molecule has 292 valence electrons. The molecule has 3 heterocycles. The van der Waals surface area contributed by atoms with Gasteiger partial charge in [0.25, 0.3) is 6.71 Å². The van der Waals surface area contributed by atoms with Gasteiger partial charge in [0.1, 0.15) is 23.0 Å². The van der Waals surface area contributed by atoms with Crippen LogP contribution in [0.25, 0.3) is 0 Å². The van der Waals surface area contributed by atoms with E-state index < -0.39 is 5.41 Å². The lowest BCUT2D eigenvalue weighted by molar-refractivity contribution is 0.433. The van der Waals surface area contributed by atoms with Crippen molar-refractivity contribution in [1.29, 1.82) is 0 Å². The minimum Gasteiger partial charge on any atom is -0.458 e. The average molecular weight is 770 g/mol. The first-order chi connectivity index (χ1) is 28.6. The van der Waals surface area contributed by atoms with E-state index >= 15 is 0 Å². The van der Waals surface area contributed by atoms with Gasteiger partial charge in [-0.3, -0.25) is 0 Å². The summed E-state index contributed by atoms with van der Waals surface area (Å²) in [5.74, 6) is 5.17. The van der Waals surface area contributed by atoms with Gasteiger partial charge in [0.05, 0.1) is 16.8 Å². The molecule has 3 nitrogen and oxygen atoms in total. The minimum atomic E-state index is -0.601. The number of hydrogen-bond donors (Lipinski definition) is 0. The maximum absolute atomic E-state index is 6.99. The van der Waals surface area contributed by atoms with Gasteiger partial charge in [0.2, 0.25) is 0 Å². The standard InChI is InChI=1S/C55H52BNO2/c1-33(2)37-25-28-51-45(31-37)55(44-19-11-15-23-50(44)58-51)42-17-9-13-21-48(42)57(49-22-14-10-18-43(49)55)39-26-27-47-53(32-39)59-52-24-16-12-20-46(52)56(47)54-40(35(5)6)29-38(34(3)4)30-41(54)36(7)8/h9-36H,1-8H3. The summed E-state index contributed by atoms with van der Waals surface area (Å²) in [5.41, 5.74) is 17.0. The van der Waals surface area contributed by atoms with Crippen molar-refractivity contribution in [2.24, 2.45) is 0 Å². The van der Waals surface area contributed by atoms with E-state index in [2.05, 4.69) is 206 Å². The van der Waals surface area contributed by atoms with E-state index in [1.165, 1.54) is 55.3 Å². The highest BCUT2D eigenvalue weighted by molar-refractivity contribution is 6.97. The highest BCUT2D eigenvalue weighted by Gasteiger charge is 2.51. The number of fused-ring (bicyclic) bond motifs is 10. The molecular formula is C55H52BNO2. The number of ether oxygens (including phenoxy) is 2. The fourth-order valence-corrected chi connectivity index (χ4v) is 10.3. The molecule has 0 N–H and O–H groups in total. The van der Waals surface area contributed by atoms with Gasteiger partial charge < -0.3 is 14.4 Å². The van der Waals surface area contributed by atoms with Crippen LogP contribution in [0.5, 0.6) is 23.0 Å². The van der Waals surface area contributed by atoms with Crippen LogP contribution in [0.15, 0.2) is 146 Å². The molecule has 59 heavy (non-hydrogen) atoms. The zero-order valence-electron chi connectivity index (χ0n) is 35.5. The quantitative estimate of drug-likeness (QED) is 0.157. The molecule has 0 fully saturated rings. The van der Waals surface area contributed by atoms with Gasteiger partial charge in [-0.05, 0) is 104 Å². The topological polar surface area (TPSA) is 21.7 Å². The summed E-state index contributed by atoms with van der Waals surface area (Å²) in [6.07, 6.45) is 0. The molecule has 0 radical (unpaired) electrons. The number of para-hydroxylation sites is 4. The molecule has 3 aliphatic heterocycles. The van der Waals surface area contributed by atoms with Gasteiger partial charge in [-0.2, -0.15) is 0 Å². The number of benzene rings is 7. The maximum Gasteiger partial charge on any atom is 0.251 e. The van der Waals surface area contributed by atoms with Crippen molar-refractivity contribution in [3.8, 4) is 23.0 Å². The molecule has 0 saturated heterocycles. The molecule has 0 saturated carbocycles.